The lowest BCUT2D eigenvalue weighted by Crippen LogP contribution is -2.45. The first kappa shape index (κ1) is 11.5. The molecule has 1 aliphatic carbocycles. The van der Waals surface area contributed by atoms with Gasteiger partial charge >= 0.3 is 0 Å². The van der Waals surface area contributed by atoms with E-state index in [4.69, 9.17) is 11.6 Å². The molecule has 1 aliphatic heterocycles. The molecule has 1 aromatic rings. The second-order valence-electron chi connectivity index (χ2n) is 5.12. The van der Waals surface area contributed by atoms with Crippen molar-refractivity contribution in [2.75, 3.05) is 26.2 Å². The van der Waals surface area contributed by atoms with Crippen LogP contribution < -0.4 is 5.32 Å². The van der Waals surface area contributed by atoms with Gasteiger partial charge in [0.2, 0.25) is 0 Å². The van der Waals surface area contributed by atoms with Gasteiger partial charge in [0, 0.05) is 37.2 Å². The minimum absolute atomic E-state index is 0.620. The molecule has 0 bridgehead atoms. The van der Waals surface area contributed by atoms with E-state index in [0.29, 0.717) is 6.04 Å². The van der Waals surface area contributed by atoms with Crippen molar-refractivity contribution in [1.82, 2.24) is 10.2 Å². The fourth-order valence-corrected chi connectivity index (χ4v) is 2.94. The Morgan fingerprint density at radius 1 is 1.12 bits per heavy atom. The topological polar surface area (TPSA) is 15.3 Å². The third-order valence-electron chi connectivity index (χ3n) is 3.83. The standard InChI is InChI=1S/C14H19ClN2/c15-13-5-3-12(4-6-13)14(11-1-2-11)17-9-7-16-8-10-17/h3-6,11,14,16H,1-2,7-10H2. The van der Waals surface area contributed by atoms with Gasteiger partial charge in [-0.25, -0.2) is 0 Å². The average molecular weight is 251 g/mol. The number of hydrogen-bond acceptors (Lipinski definition) is 2. The van der Waals surface area contributed by atoms with Gasteiger partial charge in [0.25, 0.3) is 0 Å². The summed E-state index contributed by atoms with van der Waals surface area (Å²) in [6.45, 7) is 4.58. The first-order valence-corrected chi connectivity index (χ1v) is 6.92. The Bertz CT molecular complexity index is 366. The van der Waals surface area contributed by atoms with Gasteiger partial charge in [-0.15, -0.1) is 0 Å². The van der Waals surface area contributed by atoms with Gasteiger partial charge in [0.05, 0.1) is 0 Å². The highest BCUT2D eigenvalue weighted by molar-refractivity contribution is 6.30. The van der Waals surface area contributed by atoms with E-state index < -0.39 is 0 Å². The van der Waals surface area contributed by atoms with Crippen molar-refractivity contribution in [2.45, 2.75) is 18.9 Å². The lowest BCUT2D eigenvalue weighted by molar-refractivity contribution is 0.156. The molecule has 1 unspecified atom stereocenters. The first-order valence-electron chi connectivity index (χ1n) is 6.55. The number of halogens is 1. The zero-order valence-corrected chi connectivity index (χ0v) is 10.8. The van der Waals surface area contributed by atoms with Gasteiger partial charge in [-0.05, 0) is 36.5 Å². The molecular weight excluding hydrogens is 232 g/mol. The van der Waals surface area contributed by atoms with Gasteiger partial charge in [0.15, 0.2) is 0 Å². The zero-order valence-electron chi connectivity index (χ0n) is 10.0. The molecule has 1 N–H and O–H groups in total. The predicted octanol–water partition coefficient (Wildman–Crippen LogP) is 2.70. The van der Waals surface area contributed by atoms with E-state index in [9.17, 15) is 0 Å². The van der Waals surface area contributed by atoms with Crippen LogP contribution >= 0.6 is 11.6 Å². The number of benzene rings is 1. The highest BCUT2D eigenvalue weighted by Crippen LogP contribution is 2.44. The molecule has 92 valence electrons. The first-order chi connectivity index (χ1) is 8.34. The van der Waals surface area contributed by atoms with Crippen molar-refractivity contribution in [3.05, 3.63) is 34.9 Å². The Kier molecular flexibility index (Phi) is 3.37. The van der Waals surface area contributed by atoms with Crippen LogP contribution in [0.1, 0.15) is 24.4 Å². The highest BCUT2D eigenvalue weighted by Gasteiger charge is 2.36. The van der Waals surface area contributed by atoms with Gasteiger partial charge in [0.1, 0.15) is 0 Å². The Hall–Kier alpha value is -0.570. The summed E-state index contributed by atoms with van der Waals surface area (Å²) in [4.78, 5) is 2.64. The maximum absolute atomic E-state index is 5.97. The number of nitrogens with zero attached hydrogens (tertiary/aromatic N) is 1. The van der Waals surface area contributed by atoms with Crippen LogP contribution in [0.15, 0.2) is 24.3 Å². The number of rotatable bonds is 3. The molecule has 2 aliphatic rings. The van der Waals surface area contributed by atoms with E-state index in [0.717, 1.165) is 24.0 Å². The molecule has 0 amide bonds. The lowest BCUT2D eigenvalue weighted by atomic mass is 10.00. The Morgan fingerprint density at radius 3 is 2.35 bits per heavy atom. The Balaban J connectivity index is 1.81. The van der Waals surface area contributed by atoms with E-state index in [1.165, 1.54) is 31.5 Å². The molecule has 2 fully saturated rings. The molecule has 0 radical (unpaired) electrons. The fourth-order valence-electron chi connectivity index (χ4n) is 2.81. The van der Waals surface area contributed by atoms with Crippen LogP contribution in [-0.2, 0) is 0 Å². The van der Waals surface area contributed by atoms with Gasteiger partial charge < -0.3 is 5.32 Å². The average Bonchev–Trinajstić information content (AvgIpc) is 3.18. The second-order valence-corrected chi connectivity index (χ2v) is 5.56. The molecule has 1 aromatic carbocycles. The van der Waals surface area contributed by atoms with Crippen LogP contribution in [0, 0.1) is 5.92 Å². The van der Waals surface area contributed by atoms with Crippen molar-refractivity contribution in [2.24, 2.45) is 5.92 Å². The fraction of sp³-hybridized carbons (Fsp3) is 0.571. The van der Waals surface area contributed by atoms with Crippen molar-refractivity contribution in [3.8, 4) is 0 Å². The SMILES string of the molecule is Clc1ccc(C(C2CC2)N2CCNCC2)cc1. The van der Waals surface area contributed by atoms with Gasteiger partial charge in [-0.3, -0.25) is 4.90 Å². The largest absolute Gasteiger partial charge is 0.314 e. The van der Waals surface area contributed by atoms with Gasteiger partial charge in [-0.1, -0.05) is 23.7 Å². The minimum Gasteiger partial charge on any atom is -0.314 e. The van der Waals surface area contributed by atoms with E-state index in [2.05, 4.69) is 22.3 Å². The molecule has 1 heterocycles. The van der Waals surface area contributed by atoms with Crippen LogP contribution in [0.3, 0.4) is 0 Å². The molecule has 0 aromatic heterocycles. The normalized spacial score (nSPS) is 23.6. The maximum Gasteiger partial charge on any atom is 0.0406 e. The van der Waals surface area contributed by atoms with Crippen LogP contribution in [0.4, 0.5) is 0 Å². The highest BCUT2D eigenvalue weighted by atomic mass is 35.5. The number of nitrogens with one attached hydrogen (secondary N) is 1. The van der Waals surface area contributed by atoms with Crippen LogP contribution in [0.5, 0.6) is 0 Å². The second kappa shape index (κ2) is 4.97. The molecule has 17 heavy (non-hydrogen) atoms. The van der Waals surface area contributed by atoms with E-state index in [1.807, 2.05) is 12.1 Å². The van der Waals surface area contributed by atoms with Crippen LogP contribution in [0.25, 0.3) is 0 Å². The summed E-state index contributed by atoms with van der Waals surface area (Å²) in [5.74, 6) is 0.870. The third-order valence-corrected chi connectivity index (χ3v) is 4.08. The summed E-state index contributed by atoms with van der Waals surface area (Å²) in [7, 11) is 0. The molecule has 0 spiro atoms. The smallest absolute Gasteiger partial charge is 0.0406 e. The molecule has 3 heteroatoms. The van der Waals surface area contributed by atoms with Crippen LogP contribution in [0.2, 0.25) is 5.02 Å². The lowest BCUT2D eigenvalue weighted by Gasteiger charge is -2.35. The van der Waals surface area contributed by atoms with E-state index >= 15 is 0 Å². The Labute approximate surface area is 108 Å². The maximum atomic E-state index is 5.97. The zero-order chi connectivity index (χ0) is 11.7. The van der Waals surface area contributed by atoms with Crippen LogP contribution in [-0.4, -0.2) is 31.1 Å². The summed E-state index contributed by atoms with van der Waals surface area (Å²) in [5.41, 5.74) is 1.44. The molecule has 1 saturated carbocycles. The summed E-state index contributed by atoms with van der Waals surface area (Å²) >= 11 is 5.97. The monoisotopic (exact) mass is 250 g/mol. The van der Waals surface area contributed by atoms with Crippen molar-refractivity contribution >= 4 is 11.6 Å². The minimum atomic E-state index is 0.620. The third kappa shape index (κ3) is 2.65. The van der Waals surface area contributed by atoms with E-state index in [1.54, 1.807) is 0 Å². The molecular formula is C14H19ClN2. The summed E-state index contributed by atoms with van der Waals surface area (Å²) in [6.07, 6.45) is 2.77. The van der Waals surface area contributed by atoms with Gasteiger partial charge in [-0.2, -0.15) is 0 Å². The van der Waals surface area contributed by atoms with Crippen molar-refractivity contribution < 1.29 is 0 Å². The van der Waals surface area contributed by atoms with Crippen molar-refractivity contribution in [1.29, 1.82) is 0 Å². The molecule has 1 saturated heterocycles. The number of hydrogen-bond donors (Lipinski definition) is 1. The molecule has 1 atom stereocenters. The van der Waals surface area contributed by atoms with Crippen molar-refractivity contribution in [3.63, 3.8) is 0 Å². The molecule has 3 rings (SSSR count). The summed E-state index contributed by atoms with van der Waals surface area (Å²) < 4.78 is 0. The Morgan fingerprint density at radius 2 is 1.76 bits per heavy atom. The van der Waals surface area contributed by atoms with E-state index in [-0.39, 0.29) is 0 Å². The molecule has 2 nitrogen and oxygen atoms in total. The quantitative estimate of drug-likeness (QED) is 0.888. The number of piperazine rings is 1. The predicted molar refractivity (Wildman–Crippen MR) is 71.4 cm³/mol. The summed E-state index contributed by atoms with van der Waals surface area (Å²) in [6, 6.07) is 9.07. The summed E-state index contributed by atoms with van der Waals surface area (Å²) in [5, 5.41) is 4.26.